The van der Waals surface area contributed by atoms with E-state index in [2.05, 4.69) is 10.1 Å². The second-order valence-corrected chi connectivity index (χ2v) is 2.76. The van der Waals surface area contributed by atoms with Crippen molar-refractivity contribution >= 4 is 11.9 Å². The molecular formula is C7H12N2O3. The molecule has 1 aliphatic heterocycles. The minimum absolute atomic E-state index is 0.0577. The SMILES string of the molecule is COC(=O)[C@H]1CNC(=O)CN1C. The van der Waals surface area contributed by atoms with Crippen molar-refractivity contribution in [1.82, 2.24) is 10.2 Å². The van der Waals surface area contributed by atoms with Gasteiger partial charge in [0.2, 0.25) is 5.91 Å². The highest BCUT2D eigenvalue weighted by Crippen LogP contribution is 2.01. The van der Waals surface area contributed by atoms with Gasteiger partial charge in [-0.15, -0.1) is 0 Å². The number of methoxy groups -OCH3 is 1. The molecule has 0 saturated carbocycles. The number of rotatable bonds is 1. The summed E-state index contributed by atoms with van der Waals surface area (Å²) in [6, 6.07) is -0.340. The first-order valence-electron chi connectivity index (χ1n) is 3.70. The summed E-state index contributed by atoms with van der Waals surface area (Å²) in [7, 11) is 3.06. The highest BCUT2D eigenvalue weighted by molar-refractivity contribution is 5.83. The fourth-order valence-corrected chi connectivity index (χ4v) is 1.16. The maximum Gasteiger partial charge on any atom is 0.324 e. The topological polar surface area (TPSA) is 58.6 Å². The number of ether oxygens (including phenoxy) is 1. The number of hydrogen-bond acceptors (Lipinski definition) is 4. The molecular weight excluding hydrogens is 160 g/mol. The van der Waals surface area contributed by atoms with E-state index in [0.717, 1.165) is 0 Å². The molecule has 1 N–H and O–H groups in total. The summed E-state index contributed by atoms with van der Waals surface area (Å²) in [6.45, 7) is 0.585. The summed E-state index contributed by atoms with van der Waals surface area (Å²) in [5, 5.41) is 2.60. The molecule has 0 aromatic carbocycles. The molecule has 0 aromatic heterocycles. The molecule has 1 saturated heterocycles. The molecule has 1 rings (SSSR count). The van der Waals surface area contributed by atoms with E-state index in [1.807, 2.05) is 0 Å². The van der Waals surface area contributed by atoms with Crippen molar-refractivity contribution in [2.24, 2.45) is 0 Å². The average molecular weight is 172 g/mol. The van der Waals surface area contributed by atoms with Gasteiger partial charge in [0, 0.05) is 6.54 Å². The zero-order chi connectivity index (χ0) is 9.14. The Bertz CT molecular complexity index is 205. The lowest BCUT2D eigenvalue weighted by molar-refractivity contribution is -0.148. The molecule has 1 atom stereocenters. The van der Waals surface area contributed by atoms with E-state index in [9.17, 15) is 9.59 Å². The molecule has 1 fully saturated rings. The molecule has 0 radical (unpaired) electrons. The van der Waals surface area contributed by atoms with Crippen molar-refractivity contribution in [1.29, 1.82) is 0 Å². The predicted octanol–water partition coefficient (Wildman–Crippen LogP) is -1.41. The second-order valence-electron chi connectivity index (χ2n) is 2.76. The molecule has 68 valence electrons. The van der Waals surface area contributed by atoms with Crippen molar-refractivity contribution in [2.75, 3.05) is 27.2 Å². The van der Waals surface area contributed by atoms with Crippen LogP contribution >= 0.6 is 0 Å². The number of carbonyl (C=O) groups excluding carboxylic acids is 2. The summed E-state index contributed by atoms with van der Waals surface area (Å²) in [4.78, 5) is 23.6. The van der Waals surface area contributed by atoms with Gasteiger partial charge >= 0.3 is 5.97 Å². The molecule has 5 nitrogen and oxygen atoms in total. The van der Waals surface area contributed by atoms with Gasteiger partial charge in [0.05, 0.1) is 13.7 Å². The fourth-order valence-electron chi connectivity index (χ4n) is 1.16. The van der Waals surface area contributed by atoms with Crippen LogP contribution in [0.15, 0.2) is 0 Å². The molecule has 0 aliphatic carbocycles. The molecule has 0 bridgehead atoms. The van der Waals surface area contributed by atoms with Crippen molar-refractivity contribution < 1.29 is 14.3 Å². The van der Waals surface area contributed by atoms with Crippen molar-refractivity contribution in [3.8, 4) is 0 Å². The van der Waals surface area contributed by atoms with Crippen LogP contribution in [0, 0.1) is 0 Å². The van der Waals surface area contributed by atoms with Crippen LogP contribution in [0.3, 0.4) is 0 Å². The molecule has 0 unspecified atom stereocenters. The monoisotopic (exact) mass is 172 g/mol. The largest absolute Gasteiger partial charge is 0.468 e. The Morgan fingerprint density at radius 2 is 2.42 bits per heavy atom. The van der Waals surface area contributed by atoms with E-state index in [1.54, 1.807) is 11.9 Å². The number of hydrogen-bond donors (Lipinski definition) is 1. The second kappa shape index (κ2) is 3.53. The Hall–Kier alpha value is -1.10. The fraction of sp³-hybridized carbons (Fsp3) is 0.714. The Labute approximate surface area is 70.7 Å². The summed E-state index contributed by atoms with van der Waals surface area (Å²) < 4.78 is 4.56. The summed E-state index contributed by atoms with van der Waals surface area (Å²) in [5.74, 6) is -0.366. The Balaban J connectivity index is 2.56. The standard InChI is InChI=1S/C7H12N2O3/c1-9-4-6(10)8-3-5(9)7(11)12-2/h5H,3-4H2,1-2H3,(H,8,10)/t5-/m1/s1. The van der Waals surface area contributed by atoms with E-state index in [4.69, 9.17) is 0 Å². The minimum atomic E-state index is -0.340. The van der Waals surface area contributed by atoms with Crippen LogP contribution < -0.4 is 5.32 Å². The molecule has 1 amide bonds. The van der Waals surface area contributed by atoms with Crippen molar-refractivity contribution in [3.05, 3.63) is 0 Å². The quantitative estimate of drug-likeness (QED) is 0.494. The van der Waals surface area contributed by atoms with Gasteiger partial charge in [-0.05, 0) is 7.05 Å². The van der Waals surface area contributed by atoms with E-state index in [1.165, 1.54) is 7.11 Å². The number of esters is 1. The maximum absolute atomic E-state index is 11.1. The number of nitrogens with one attached hydrogen (secondary N) is 1. The first-order chi connectivity index (χ1) is 5.65. The number of likely N-dealkylation sites (N-methyl/N-ethyl adjacent to an activating group) is 1. The van der Waals surface area contributed by atoms with Crippen molar-refractivity contribution in [2.45, 2.75) is 6.04 Å². The molecule has 1 heterocycles. The smallest absolute Gasteiger partial charge is 0.324 e. The van der Waals surface area contributed by atoms with Crippen LogP contribution in [0.2, 0.25) is 0 Å². The van der Waals surface area contributed by atoms with Crippen LogP contribution in [-0.4, -0.2) is 50.1 Å². The lowest BCUT2D eigenvalue weighted by Crippen LogP contribution is -2.56. The third kappa shape index (κ3) is 1.73. The van der Waals surface area contributed by atoms with Crippen LogP contribution in [0.25, 0.3) is 0 Å². The van der Waals surface area contributed by atoms with E-state index in [0.29, 0.717) is 6.54 Å². The summed E-state index contributed by atoms with van der Waals surface area (Å²) in [6.07, 6.45) is 0. The van der Waals surface area contributed by atoms with Gasteiger partial charge in [0.15, 0.2) is 0 Å². The lowest BCUT2D eigenvalue weighted by Gasteiger charge is -2.29. The predicted molar refractivity (Wildman–Crippen MR) is 41.4 cm³/mol. The molecule has 12 heavy (non-hydrogen) atoms. The van der Waals surface area contributed by atoms with Gasteiger partial charge in [-0.1, -0.05) is 0 Å². The highest BCUT2D eigenvalue weighted by Gasteiger charge is 2.29. The molecule has 0 spiro atoms. The number of nitrogens with zero attached hydrogens (tertiary/aromatic N) is 1. The number of carbonyl (C=O) groups is 2. The maximum atomic E-state index is 11.1. The van der Waals surface area contributed by atoms with E-state index >= 15 is 0 Å². The first kappa shape index (κ1) is 8.99. The zero-order valence-corrected chi connectivity index (χ0v) is 7.16. The molecule has 0 aromatic rings. The van der Waals surface area contributed by atoms with Crippen molar-refractivity contribution in [3.63, 3.8) is 0 Å². The van der Waals surface area contributed by atoms with Crippen LogP contribution in [0.1, 0.15) is 0 Å². The van der Waals surface area contributed by atoms with Gasteiger partial charge < -0.3 is 10.1 Å². The third-order valence-electron chi connectivity index (χ3n) is 1.89. The zero-order valence-electron chi connectivity index (χ0n) is 7.16. The lowest BCUT2D eigenvalue weighted by atomic mass is 10.2. The number of amides is 1. The number of piperazine rings is 1. The van der Waals surface area contributed by atoms with Gasteiger partial charge in [0.1, 0.15) is 6.04 Å². The van der Waals surface area contributed by atoms with Gasteiger partial charge in [0.25, 0.3) is 0 Å². The van der Waals surface area contributed by atoms with Gasteiger partial charge in [-0.2, -0.15) is 0 Å². The third-order valence-corrected chi connectivity index (χ3v) is 1.89. The first-order valence-corrected chi connectivity index (χ1v) is 3.70. The van der Waals surface area contributed by atoms with Gasteiger partial charge in [-0.3, -0.25) is 14.5 Å². The van der Waals surface area contributed by atoms with Crippen LogP contribution in [-0.2, 0) is 14.3 Å². The normalized spacial score (nSPS) is 24.8. The average Bonchev–Trinajstić information content (AvgIpc) is 2.03. The Morgan fingerprint density at radius 3 is 2.92 bits per heavy atom. The Morgan fingerprint density at radius 1 is 1.75 bits per heavy atom. The minimum Gasteiger partial charge on any atom is -0.468 e. The van der Waals surface area contributed by atoms with Gasteiger partial charge in [-0.25, -0.2) is 0 Å². The van der Waals surface area contributed by atoms with E-state index < -0.39 is 0 Å². The Kier molecular flexibility index (Phi) is 2.65. The van der Waals surface area contributed by atoms with E-state index in [-0.39, 0.29) is 24.5 Å². The highest BCUT2D eigenvalue weighted by atomic mass is 16.5. The van der Waals surface area contributed by atoms with Crippen LogP contribution in [0.4, 0.5) is 0 Å². The van der Waals surface area contributed by atoms with Crippen LogP contribution in [0.5, 0.6) is 0 Å². The summed E-state index contributed by atoms with van der Waals surface area (Å²) >= 11 is 0. The molecule has 1 aliphatic rings. The summed E-state index contributed by atoms with van der Waals surface area (Å²) in [5.41, 5.74) is 0. The molecule has 5 heteroatoms.